The van der Waals surface area contributed by atoms with Crippen LogP contribution < -0.4 is 0 Å². The number of aryl methyl sites for hydroxylation is 1. The van der Waals surface area contributed by atoms with E-state index in [1.807, 2.05) is 31.3 Å². The zero-order valence-corrected chi connectivity index (χ0v) is 10.3. The Hall–Kier alpha value is -1.13. The van der Waals surface area contributed by atoms with Gasteiger partial charge in [0, 0.05) is 11.9 Å². The van der Waals surface area contributed by atoms with Gasteiger partial charge >= 0.3 is 0 Å². The summed E-state index contributed by atoms with van der Waals surface area (Å²) in [4.78, 5) is 5.03. The Labute approximate surface area is 103 Å². The lowest BCUT2D eigenvalue weighted by Crippen LogP contribution is -1.94. The van der Waals surface area contributed by atoms with Crippen LogP contribution in [0.15, 0.2) is 35.4 Å². The number of aromatic nitrogens is 2. The molecule has 0 aliphatic heterocycles. The van der Waals surface area contributed by atoms with Crippen molar-refractivity contribution in [2.24, 2.45) is 7.05 Å². The van der Waals surface area contributed by atoms with Crippen molar-refractivity contribution < 1.29 is 5.11 Å². The molecule has 0 spiro atoms. The zero-order chi connectivity index (χ0) is 11.5. The topological polar surface area (TPSA) is 38.0 Å². The highest BCUT2D eigenvalue weighted by molar-refractivity contribution is 7.98. The predicted molar refractivity (Wildman–Crippen MR) is 65.9 cm³/mol. The Bertz CT molecular complexity index is 498. The summed E-state index contributed by atoms with van der Waals surface area (Å²) < 4.78 is 1.80. The number of hydrogen-bond acceptors (Lipinski definition) is 3. The van der Waals surface area contributed by atoms with Gasteiger partial charge in [0.25, 0.3) is 0 Å². The first-order valence-electron chi connectivity index (χ1n) is 4.75. The third kappa shape index (κ3) is 2.51. The largest absolute Gasteiger partial charge is 0.492 e. The summed E-state index contributed by atoms with van der Waals surface area (Å²) in [5, 5.41) is 9.96. The standard InChI is InChI=1S/C11H11ClN2OS/c1-14-6-11(15)13-10(14)7-16-9-5-3-2-4-8(9)12/h2-6,15H,7H2,1H3. The minimum Gasteiger partial charge on any atom is -0.492 e. The summed E-state index contributed by atoms with van der Waals surface area (Å²) in [6.45, 7) is 0. The highest BCUT2D eigenvalue weighted by Crippen LogP contribution is 2.29. The molecule has 1 aromatic heterocycles. The van der Waals surface area contributed by atoms with Crippen LogP contribution in [-0.4, -0.2) is 14.7 Å². The van der Waals surface area contributed by atoms with E-state index in [9.17, 15) is 5.11 Å². The van der Waals surface area contributed by atoms with Crippen molar-refractivity contribution in [3.05, 3.63) is 41.3 Å². The monoisotopic (exact) mass is 254 g/mol. The number of hydrogen-bond donors (Lipinski definition) is 1. The molecule has 5 heteroatoms. The second-order valence-electron chi connectivity index (χ2n) is 3.35. The molecule has 0 radical (unpaired) electrons. The van der Waals surface area contributed by atoms with E-state index >= 15 is 0 Å². The summed E-state index contributed by atoms with van der Waals surface area (Å²) in [7, 11) is 1.86. The molecule has 0 saturated heterocycles. The van der Waals surface area contributed by atoms with Gasteiger partial charge in [-0.1, -0.05) is 23.7 Å². The van der Waals surface area contributed by atoms with E-state index in [1.165, 1.54) is 0 Å². The first kappa shape index (κ1) is 11.4. The van der Waals surface area contributed by atoms with E-state index in [-0.39, 0.29) is 5.88 Å². The van der Waals surface area contributed by atoms with Gasteiger partial charge < -0.3 is 9.67 Å². The van der Waals surface area contributed by atoms with Crippen LogP contribution in [0.5, 0.6) is 5.88 Å². The van der Waals surface area contributed by atoms with Crippen molar-refractivity contribution in [3.63, 3.8) is 0 Å². The van der Waals surface area contributed by atoms with Crippen LogP contribution in [0.4, 0.5) is 0 Å². The summed E-state index contributed by atoms with van der Waals surface area (Å²) >= 11 is 7.64. The minimum atomic E-state index is 0.0530. The molecule has 1 aromatic carbocycles. The fourth-order valence-electron chi connectivity index (χ4n) is 1.33. The van der Waals surface area contributed by atoms with Gasteiger partial charge in [0.2, 0.25) is 5.88 Å². The molecule has 0 amide bonds. The molecule has 3 nitrogen and oxygen atoms in total. The van der Waals surface area contributed by atoms with Gasteiger partial charge in [-0.15, -0.1) is 11.8 Å². The first-order chi connectivity index (χ1) is 7.66. The number of rotatable bonds is 3. The molecule has 2 aromatic rings. The first-order valence-corrected chi connectivity index (χ1v) is 6.11. The maximum Gasteiger partial charge on any atom is 0.229 e. The number of imidazole rings is 1. The third-order valence-electron chi connectivity index (χ3n) is 2.15. The summed E-state index contributed by atoms with van der Waals surface area (Å²) in [5.41, 5.74) is 0. The Kier molecular flexibility index (Phi) is 3.41. The van der Waals surface area contributed by atoms with Crippen molar-refractivity contribution in [2.45, 2.75) is 10.6 Å². The van der Waals surface area contributed by atoms with Gasteiger partial charge in [0.05, 0.1) is 17.0 Å². The molecular weight excluding hydrogens is 244 g/mol. The summed E-state index contributed by atoms with van der Waals surface area (Å²) in [6, 6.07) is 7.68. The molecule has 16 heavy (non-hydrogen) atoms. The molecule has 0 bridgehead atoms. The van der Waals surface area contributed by atoms with E-state index in [0.29, 0.717) is 5.75 Å². The average molecular weight is 255 g/mol. The maximum absolute atomic E-state index is 9.22. The Balaban J connectivity index is 2.08. The van der Waals surface area contributed by atoms with Crippen molar-refractivity contribution in [3.8, 4) is 5.88 Å². The van der Waals surface area contributed by atoms with Crippen LogP contribution in [0.2, 0.25) is 5.02 Å². The number of halogens is 1. The van der Waals surface area contributed by atoms with E-state index in [1.54, 1.807) is 22.5 Å². The van der Waals surface area contributed by atoms with Gasteiger partial charge in [-0.25, -0.2) is 0 Å². The fourth-order valence-corrected chi connectivity index (χ4v) is 2.56. The molecule has 0 unspecified atom stereocenters. The van der Waals surface area contributed by atoms with Crippen molar-refractivity contribution in [1.29, 1.82) is 0 Å². The number of aromatic hydroxyl groups is 1. The highest BCUT2D eigenvalue weighted by Gasteiger charge is 2.06. The molecule has 84 valence electrons. The molecule has 0 atom stereocenters. The predicted octanol–water partition coefficient (Wildman–Crippen LogP) is 3.07. The number of benzene rings is 1. The normalized spacial score (nSPS) is 10.6. The highest BCUT2D eigenvalue weighted by atomic mass is 35.5. The number of nitrogens with zero attached hydrogens (tertiary/aromatic N) is 2. The molecule has 2 rings (SSSR count). The summed E-state index contributed by atoms with van der Waals surface area (Å²) in [5.74, 6) is 1.56. The van der Waals surface area contributed by atoms with E-state index in [0.717, 1.165) is 15.7 Å². The smallest absolute Gasteiger partial charge is 0.229 e. The fraction of sp³-hybridized carbons (Fsp3) is 0.182. The Morgan fingerprint density at radius 1 is 1.44 bits per heavy atom. The van der Waals surface area contributed by atoms with Crippen molar-refractivity contribution in [2.75, 3.05) is 0 Å². The quantitative estimate of drug-likeness (QED) is 0.856. The summed E-state index contributed by atoms with van der Waals surface area (Å²) in [6.07, 6.45) is 1.59. The van der Waals surface area contributed by atoms with Gasteiger partial charge in [-0.2, -0.15) is 4.98 Å². The van der Waals surface area contributed by atoms with Crippen LogP contribution in [0.1, 0.15) is 5.82 Å². The number of thioether (sulfide) groups is 1. The van der Waals surface area contributed by atoms with Gasteiger partial charge in [0.1, 0.15) is 5.82 Å². The average Bonchev–Trinajstić information content (AvgIpc) is 2.56. The van der Waals surface area contributed by atoms with Crippen LogP contribution in [0.25, 0.3) is 0 Å². The van der Waals surface area contributed by atoms with Gasteiger partial charge in [-0.3, -0.25) is 0 Å². The maximum atomic E-state index is 9.22. The zero-order valence-electron chi connectivity index (χ0n) is 8.72. The van der Waals surface area contributed by atoms with E-state index < -0.39 is 0 Å². The lowest BCUT2D eigenvalue weighted by Gasteiger charge is -2.03. The van der Waals surface area contributed by atoms with E-state index in [2.05, 4.69) is 4.98 Å². The SMILES string of the molecule is Cn1cc(O)nc1CSc1ccccc1Cl. The van der Waals surface area contributed by atoms with Crippen LogP contribution in [0, 0.1) is 0 Å². The second kappa shape index (κ2) is 4.80. The third-order valence-corrected chi connectivity index (χ3v) is 3.66. The lowest BCUT2D eigenvalue weighted by atomic mass is 10.4. The second-order valence-corrected chi connectivity index (χ2v) is 4.77. The lowest BCUT2D eigenvalue weighted by molar-refractivity contribution is 0.455. The van der Waals surface area contributed by atoms with Crippen LogP contribution in [-0.2, 0) is 12.8 Å². The molecule has 0 fully saturated rings. The molecular formula is C11H11ClN2OS. The van der Waals surface area contributed by atoms with Crippen LogP contribution >= 0.6 is 23.4 Å². The molecule has 0 saturated carbocycles. The Morgan fingerprint density at radius 3 is 2.81 bits per heavy atom. The molecule has 0 aliphatic carbocycles. The van der Waals surface area contributed by atoms with Crippen molar-refractivity contribution in [1.82, 2.24) is 9.55 Å². The van der Waals surface area contributed by atoms with Crippen LogP contribution in [0.3, 0.4) is 0 Å². The van der Waals surface area contributed by atoms with Crippen molar-refractivity contribution >= 4 is 23.4 Å². The molecule has 1 heterocycles. The molecule has 0 aliphatic rings. The Morgan fingerprint density at radius 2 is 2.19 bits per heavy atom. The molecule has 1 N–H and O–H groups in total. The van der Waals surface area contributed by atoms with Gasteiger partial charge in [0.15, 0.2) is 0 Å². The minimum absolute atomic E-state index is 0.0530. The van der Waals surface area contributed by atoms with Gasteiger partial charge in [-0.05, 0) is 12.1 Å². The van der Waals surface area contributed by atoms with E-state index in [4.69, 9.17) is 11.6 Å².